The number of aromatic amines is 1. The van der Waals surface area contributed by atoms with Crippen molar-refractivity contribution in [3.8, 4) is 0 Å². The van der Waals surface area contributed by atoms with E-state index < -0.39 is 24.4 Å². The van der Waals surface area contributed by atoms with Crippen molar-refractivity contribution >= 4 is 11.0 Å². The normalized spacial score (nSPS) is 12.3. The Bertz CT molecular complexity index is 539. The van der Waals surface area contributed by atoms with Crippen molar-refractivity contribution in [2.45, 2.75) is 12.6 Å². The third kappa shape index (κ3) is 3.63. The minimum Gasteiger partial charge on any atom is -0.372 e. The van der Waals surface area contributed by atoms with Gasteiger partial charge in [0.15, 0.2) is 11.6 Å². The minimum absolute atomic E-state index is 0.0913. The molecule has 0 radical (unpaired) electrons. The van der Waals surface area contributed by atoms with Crippen molar-refractivity contribution < 1.29 is 26.7 Å². The molecule has 1 heterocycles. The number of fused-ring (bicyclic) bond motifs is 1. The second-order valence-electron chi connectivity index (χ2n) is 3.88. The van der Waals surface area contributed by atoms with Crippen LogP contribution >= 0.6 is 0 Å². The second-order valence-corrected chi connectivity index (χ2v) is 3.88. The number of hydrogen-bond donors (Lipinski definition) is 1. The summed E-state index contributed by atoms with van der Waals surface area (Å²) in [4.78, 5) is 6.61. The van der Waals surface area contributed by atoms with Gasteiger partial charge in [0.25, 0.3) is 0 Å². The molecule has 0 spiro atoms. The number of hydrogen-bond acceptors (Lipinski definition) is 2. The fourth-order valence-corrected chi connectivity index (χ4v) is 1.53. The summed E-state index contributed by atoms with van der Waals surface area (Å²) in [5.41, 5.74) is 0.495. The number of H-pyrrole nitrogens is 1. The lowest BCUT2D eigenvalue weighted by Gasteiger charge is -2.06. The Morgan fingerprint density at radius 3 is 2.53 bits per heavy atom. The van der Waals surface area contributed by atoms with E-state index in [-0.39, 0.29) is 24.1 Å². The standard InChI is InChI=1S/C11H9F5N2O/c12-6-3-8-9(4-7(6)13)18-10(17-8)1-2-19-5-11(14,15)16/h3-4H,1-2,5H2,(H,17,18). The summed E-state index contributed by atoms with van der Waals surface area (Å²) in [6, 6.07) is 1.86. The van der Waals surface area contributed by atoms with Crippen LogP contribution in [0.25, 0.3) is 11.0 Å². The van der Waals surface area contributed by atoms with Crippen LogP contribution in [0.3, 0.4) is 0 Å². The first kappa shape index (κ1) is 13.7. The van der Waals surface area contributed by atoms with Gasteiger partial charge >= 0.3 is 6.18 Å². The molecule has 1 aromatic carbocycles. The zero-order valence-electron chi connectivity index (χ0n) is 9.52. The molecule has 1 N–H and O–H groups in total. The summed E-state index contributed by atoms with van der Waals surface area (Å²) in [6.07, 6.45) is -4.28. The van der Waals surface area contributed by atoms with Gasteiger partial charge in [-0.3, -0.25) is 0 Å². The van der Waals surface area contributed by atoms with E-state index >= 15 is 0 Å². The summed E-state index contributed by atoms with van der Waals surface area (Å²) in [6.45, 7) is -1.53. The molecule has 0 saturated heterocycles. The quantitative estimate of drug-likeness (QED) is 0.690. The summed E-state index contributed by atoms with van der Waals surface area (Å²) in [7, 11) is 0. The Morgan fingerprint density at radius 1 is 1.16 bits per heavy atom. The van der Waals surface area contributed by atoms with E-state index in [0.29, 0.717) is 5.82 Å². The average molecular weight is 280 g/mol. The van der Waals surface area contributed by atoms with Crippen molar-refractivity contribution in [2.24, 2.45) is 0 Å². The third-order valence-electron chi connectivity index (χ3n) is 2.32. The highest BCUT2D eigenvalue weighted by Crippen LogP contribution is 2.17. The van der Waals surface area contributed by atoms with E-state index in [4.69, 9.17) is 0 Å². The van der Waals surface area contributed by atoms with E-state index in [0.717, 1.165) is 12.1 Å². The molecule has 0 amide bonds. The number of rotatable bonds is 4. The van der Waals surface area contributed by atoms with Crippen LogP contribution in [0.4, 0.5) is 22.0 Å². The molecule has 1 aromatic heterocycles. The number of halogens is 5. The zero-order valence-corrected chi connectivity index (χ0v) is 9.52. The van der Waals surface area contributed by atoms with Crippen molar-refractivity contribution in [1.29, 1.82) is 0 Å². The molecular formula is C11H9F5N2O. The fraction of sp³-hybridized carbons (Fsp3) is 0.364. The smallest absolute Gasteiger partial charge is 0.372 e. The predicted molar refractivity (Wildman–Crippen MR) is 56.6 cm³/mol. The minimum atomic E-state index is -4.37. The van der Waals surface area contributed by atoms with Crippen LogP contribution in [0.5, 0.6) is 0 Å². The van der Waals surface area contributed by atoms with Gasteiger partial charge in [0.1, 0.15) is 12.4 Å². The number of benzene rings is 1. The number of alkyl halides is 3. The van der Waals surface area contributed by atoms with Gasteiger partial charge in [-0.15, -0.1) is 0 Å². The number of aromatic nitrogens is 2. The average Bonchev–Trinajstić information content (AvgIpc) is 2.66. The van der Waals surface area contributed by atoms with Gasteiger partial charge in [-0.1, -0.05) is 0 Å². The van der Waals surface area contributed by atoms with Gasteiger partial charge in [-0.05, 0) is 0 Å². The Kier molecular flexibility index (Phi) is 3.70. The first-order chi connectivity index (χ1) is 8.85. The molecule has 104 valence electrons. The first-order valence-corrected chi connectivity index (χ1v) is 5.33. The number of nitrogens with zero attached hydrogens (tertiary/aromatic N) is 1. The van der Waals surface area contributed by atoms with Crippen LogP contribution in [0.15, 0.2) is 12.1 Å². The monoisotopic (exact) mass is 280 g/mol. The summed E-state index contributed by atoms with van der Waals surface area (Å²) in [5.74, 6) is -1.74. The molecule has 0 aliphatic rings. The van der Waals surface area contributed by atoms with Gasteiger partial charge in [0, 0.05) is 18.6 Å². The molecule has 0 saturated carbocycles. The van der Waals surface area contributed by atoms with E-state index in [1.807, 2.05) is 0 Å². The van der Waals surface area contributed by atoms with Gasteiger partial charge in [-0.25, -0.2) is 13.8 Å². The molecule has 19 heavy (non-hydrogen) atoms. The highest BCUT2D eigenvalue weighted by Gasteiger charge is 2.27. The van der Waals surface area contributed by atoms with E-state index in [2.05, 4.69) is 14.7 Å². The Balaban J connectivity index is 1.98. The van der Waals surface area contributed by atoms with Crippen LogP contribution in [0, 0.1) is 11.6 Å². The van der Waals surface area contributed by atoms with Crippen molar-refractivity contribution in [1.82, 2.24) is 9.97 Å². The molecule has 2 rings (SSSR count). The molecule has 2 aromatic rings. The van der Waals surface area contributed by atoms with Gasteiger partial charge in [0.2, 0.25) is 0 Å². The van der Waals surface area contributed by atoms with Crippen molar-refractivity contribution in [3.05, 3.63) is 29.6 Å². The van der Waals surface area contributed by atoms with Crippen LogP contribution in [-0.4, -0.2) is 29.4 Å². The lowest BCUT2D eigenvalue weighted by molar-refractivity contribution is -0.173. The zero-order chi connectivity index (χ0) is 14.0. The number of imidazole rings is 1. The van der Waals surface area contributed by atoms with Crippen LogP contribution < -0.4 is 0 Å². The molecule has 8 heteroatoms. The molecule has 0 aliphatic carbocycles. The SMILES string of the molecule is Fc1cc2nc(CCOCC(F)(F)F)[nH]c2cc1F. The van der Waals surface area contributed by atoms with E-state index in [1.165, 1.54) is 0 Å². The highest BCUT2D eigenvalue weighted by atomic mass is 19.4. The predicted octanol–water partition coefficient (Wildman–Crippen LogP) is 2.96. The maximum Gasteiger partial charge on any atom is 0.411 e. The lowest BCUT2D eigenvalue weighted by Crippen LogP contribution is -2.18. The maximum absolute atomic E-state index is 12.9. The van der Waals surface area contributed by atoms with Crippen molar-refractivity contribution in [2.75, 3.05) is 13.2 Å². The van der Waals surface area contributed by atoms with Gasteiger partial charge < -0.3 is 9.72 Å². The lowest BCUT2D eigenvalue weighted by atomic mass is 10.3. The topological polar surface area (TPSA) is 37.9 Å². The van der Waals surface area contributed by atoms with Crippen LogP contribution in [0.1, 0.15) is 5.82 Å². The third-order valence-corrected chi connectivity index (χ3v) is 2.32. The van der Waals surface area contributed by atoms with Crippen LogP contribution in [-0.2, 0) is 11.2 Å². The summed E-state index contributed by atoms with van der Waals surface area (Å²) >= 11 is 0. The second kappa shape index (κ2) is 5.12. The highest BCUT2D eigenvalue weighted by molar-refractivity contribution is 5.75. The van der Waals surface area contributed by atoms with Gasteiger partial charge in [0.05, 0.1) is 17.6 Å². The molecule has 3 nitrogen and oxygen atoms in total. The molecule has 0 aliphatic heterocycles. The van der Waals surface area contributed by atoms with Crippen molar-refractivity contribution in [3.63, 3.8) is 0 Å². The molecule has 0 atom stereocenters. The van der Waals surface area contributed by atoms with E-state index in [9.17, 15) is 22.0 Å². The summed E-state index contributed by atoms with van der Waals surface area (Å²) < 4.78 is 65.7. The largest absolute Gasteiger partial charge is 0.411 e. The Hall–Kier alpha value is -1.70. The maximum atomic E-state index is 12.9. The molecule has 0 bridgehead atoms. The van der Waals surface area contributed by atoms with E-state index in [1.54, 1.807) is 0 Å². The van der Waals surface area contributed by atoms with Crippen LogP contribution in [0.2, 0.25) is 0 Å². The Morgan fingerprint density at radius 2 is 1.84 bits per heavy atom. The molecular weight excluding hydrogens is 271 g/mol. The molecule has 0 unspecified atom stereocenters. The fourth-order valence-electron chi connectivity index (χ4n) is 1.53. The number of ether oxygens (including phenoxy) is 1. The summed E-state index contributed by atoms with van der Waals surface area (Å²) in [5, 5.41) is 0. The number of nitrogens with one attached hydrogen (secondary N) is 1. The molecule has 0 fully saturated rings. The van der Waals surface area contributed by atoms with Gasteiger partial charge in [-0.2, -0.15) is 13.2 Å². The Labute approximate surface area is 104 Å². The first-order valence-electron chi connectivity index (χ1n) is 5.33.